The molecular formula is C13H16O4. The Morgan fingerprint density at radius 1 is 1.18 bits per heavy atom. The number of aromatic carboxylic acids is 1. The Morgan fingerprint density at radius 3 is 2.41 bits per heavy atom. The smallest absolute Gasteiger partial charge is 0.335 e. The maximum absolute atomic E-state index is 10.7. The second kappa shape index (κ2) is 5.19. The van der Waals surface area contributed by atoms with Crippen LogP contribution in [0.5, 0.6) is 5.75 Å². The topological polar surface area (TPSA) is 66.8 Å². The highest BCUT2D eigenvalue weighted by Crippen LogP contribution is 2.24. The number of aliphatic hydroxyl groups is 1. The number of hydrogen-bond donors (Lipinski definition) is 2. The molecule has 0 aliphatic heterocycles. The summed E-state index contributed by atoms with van der Waals surface area (Å²) in [6.45, 7) is 0. The molecule has 0 saturated heterocycles. The number of benzene rings is 1. The monoisotopic (exact) mass is 236 g/mol. The van der Waals surface area contributed by atoms with Gasteiger partial charge in [0.2, 0.25) is 0 Å². The van der Waals surface area contributed by atoms with Crippen LogP contribution in [0, 0.1) is 0 Å². The molecule has 92 valence electrons. The van der Waals surface area contributed by atoms with Gasteiger partial charge in [0.25, 0.3) is 0 Å². The summed E-state index contributed by atoms with van der Waals surface area (Å²) in [5.41, 5.74) is 0.238. The number of carboxylic acid groups (broad SMARTS) is 1. The van der Waals surface area contributed by atoms with Gasteiger partial charge in [0.1, 0.15) is 11.9 Å². The van der Waals surface area contributed by atoms with Gasteiger partial charge in [0.15, 0.2) is 0 Å². The van der Waals surface area contributed by atoms with Crippen molar-refractivity contribution in [3.8, 4) is 5.75 Å². The molecule has 0 radical (unpaired) electrons. The normalized spacial score (nSPS) is 24.3. The molecule has 2 N–H and O–H groups in total. The third kappa shape index (κ3) is 2.97. The average Bonchev–Trinajstić information content (AvgIpc) is 2.33. The van der Waals surface area contributed by atoms with Crippen LogP contribution in [0.2, 0.25) is 0 Å². The van der Waals surface area contributed by atoms with Crippen molar-refractivity contribution in [1.82, 2.24) is 0 Å². The fraction of sp³-hybridized carbons (Fsp3) is 0.462. The molecule has 4 nitrogen and oxygen atoms in total. The Bertz CT molecular complexity index is 385. The zero-order valence-electron chi connectivity index (χ0n) is 9.50. The summed E-state index contributed by atoms with van der Waals surface area (Å²) >= 11 is 0. The number of ether oxygens (including phenoxy) is 1. The van der Waals surface area contributed by atoms with Gasteiger partial charge >= 0.3 is 5.97 Å². The molecule has 0 heterocycles. The molecule has 1 aromatic carbocycles. The van der Waals surface area contributed by atoms with Crippen LogP contribution in [0.25, 0.3) is 0 Å². The van der Waals surface area contributed by atoms with Crippen molar-refractivity contribution in [2.45, 2.75) is 37.9 Å². The van der Waals surface area contributed by atoms with Crippen molar-refractivity contribution in [3.05, 3.63) is 29.8 Å². The number of carbonyl (C=O) groups is 1. The van der Waals surface area contributed by atoms with Crippen molar-refractivity contribution in [1.29, 1.82) is 0 Å². The highest BCUT2D eigenvalue weighted by atomic mass is 16.5. The molecule has 2 rings (SSSR count). The van der Waals surface area contributed by atoms with Crippen LogP contribution in [0.3, 0.4) is 0 Å². The van der Waals surface area contributed by atoms with Crippen LogP contribution in [-0.4, -0.2) is 28.4 Å². The summed E-state index contributed by atoms with van der Waals surface area (Å²) in [5.74, 6) is -0.338. The van der Waals surface area contributed by atoms with E-state index in [-0.39, 0.29) is 11.7 Å². The third-order valence-corrected chi connectivity index (χ3v) is 3.06. The van der Waals surface area contributed by atoms with Gasteiger partial charge in [-0.3, -0.25) is 0 Å². The van der Waals surface area contributed by atoms with Crippen LogP contribution in [0.4, 0.5) is 0 Å². The Labute approximate surface area is 99.8 Å². The summed E-state index contributed by atoms with van der Waals surface area (Å²) in [4.78, 5) is 10.7. The molecule has 0 aromatic heterocycles. The SMILES string of the molecule is O=C(O)c1ccc(OC2CCCCC2O)cc1. The van der Waals surface area contributed by atoms with E-state index in [1.807, 2.05) is 0 Å². The highest BCUT2D eigenvalue weighted by Gasteiger charge is 2.24. The van der Waals surface area contributed by atoms with E-state index in [0.717, 1.165) is 25.7 Å². The zero-order valence-corrected chi connectivity index (χ0v) is 9.50. The number of carboxylic acids is 1. The molecule has 0 spiro atoms. The Hall–Kier alpha value is -1.55. The lowest BCUT2D eigenvalue weighted by molar-refractivity contribution is 0.00686. The third-order valence-electron chi connectivity index (χ3n) is 3.06. The zero-order chi connectivity index (χ0) is 12.3. The summed E-state index contributed by atoms with van der Waals surface area (Å²) in [6.07, 6.45) is 3.15. The van der Waals surface area contributed by atoms with E-state index in [9.17, 15) is 9.90 Å². The molecule has 4 heteroatoms. The summed E-state index contributed by atoms with van der Waals surface area (Å²) in [6, 6.07) is 6.27. The molecule has 17 heavy (non-hydrogen) atoms. The Balaban J connectivity index is 2.00. The Kier molecular flexibility index (Phi) is 3.64. The quantitative estimate of drug-likeness (QED) is 0.843. The van der Waals surface area contributed by atoms with E-state index in [1.165, 1.54) is 12.1 Å². The first-order valence-electron chi connectivity index (χ1n) is 5.85. The minimum absolute atomic E-state index is 0.167. The minimum atomic E-state index is -0.950. The lowest BCUT2D eigenvalue weighted by Gasteiger charge is -2.28. The van der Waals surface area contributed by atoms with Gasteiger partial charge in [-0.05, 0) is 43.5 Å². The highest BCUT2D eigenvalue weighted by molar-refractivity contribution is 5.87. The van der Waals surface area contributed by atoms with E-state index in [0.29, 0.717) is 5.75 Å². The van der Waals surface area contributed by atoms with Gasteiger partial charge in [-0.25, -0.2) is 4.79 Å². The summed E-state index contributed by atoms with van der Waals surface area (Å²) in [7, 11) is 0. The van der Waals surface area contributed by atoms with E-state index < -0.39 is 12.1 Å². The second-order valence-electron chi connectivity index (χ2n) is 4.34. The van der Waals surface area contributed by atoms with Crippen LogP contribution >= 0.6 is 0 Å². The maximum Gasteiger partial charge on any atom is 0.335 e. The molecule has 1 aliphatic carbocycles. The molecule has 1 aromatic rings. The molecule has 1 saturated carbocycles. The van der Waals surface area contributed by atoms with Crippen LogP contribution in [0.1, 0.15) is 36.0 Å². The van der Waals surface area contributed by atoms with E-state index in [4.69, 9.17) is 9.84 Å². The average molecular weight is 236 g/mol. The van der Waals surface area contributed by atoms with Crippen molar-refractivity contribution in [2.75, 3.05) is 0 Å². The van der Waals surface area contributed by atoms with Crippen molar-refractivity contribution < 1.29 is 19.7 Å². The standard InChI is InChI=1S/C13H16O4/c14-11-3-1-2-4-12(11)17-10-7-5-9(6-8-10)13(15)16/h5-8,11-12,14H,1-4H2,(H,15,16). The number of aliphatic hydroxyl groups excluding tert-OH is 1. The largest absolute Gasteiger partial charge is 0.488 e. The van der Waals surface area contributed by atoms with Crippen LogP contribution in [-0.2, 0) is 0 Å². The lowest BCUT2D eigenvalue weighted by atomic mass is 9.95. The first kappa shape index (κ1) is 11.9. The van der Waals surface area contributed by atoms with Gasteiger partial charge in [-0.2, -0.15) is 0 Å². The fourth-order valence-electron chi connectivity index (χ4n) is 2.07. The molecule has 0 bridgehead atoms. The molecule has 2 unspecified atom stereocenters. The van der Waals surface area contributed by atoms with Gasteiger partial charge < -0.3 is 14.9 Å². The fourth-order valence-corrected chi connectivity index (χ4v) is 2.07. The summed E-state index contributed by atoms with van der Waals surface area (Å²) in [5, 5.41) is 18.5. The van der Waals surface area contributed by atoms with Gasteiger partial charge in [-0.1, -0.05) is 6.42 Å². The number of rotatable bonds is 3. The van der Waals surface area contributed by atoms with E-state index in [1.54, 1.807) is 12.1 Å². The predicted molar refractivity (Wildman–Crippen MR) is 62.3 cm³/mol. The van der Waals surface area contributed by atoms with E-state index >= 15 is 0 Å². The lowest BCUT2D eigenvalue weighted by Crippen LogP contribution is -2.34. The predicted octanol–water partition coefficient (Wildman–Crippen LogP) is 2.07. The van der Waals surface area contributed by atoms with Crippen LogP contribution < -0.4 is 4.74 Å². The van der Waals surface area contributed by atoms with Gasteiger partial charge in [0.05, 0.1) is 11.7 Å². The molecular weight excluding hydrogens is 220 g/mol. The molecule has 0 amide bonds. The maximum atomic E-state index is 10.7. The van der Waals surface area contributed by atoms with Crippen molar-refractivity contribution in [3.63, 3.8) is 0 Å². The van der Waals surface area contributed by atoms with Crippen LogP contribution in [0.15, 0.2) is 24.3 Å². The second-order valence-corrected chi connectivity index (χ2v) is 4.34. The number of hydrogen-bond acceptors (Lipinski definition) is 3. The van der Waals surface area contributed by atoms with Gasteiger partial charge in [-0.15, -0.1) is 0 Å². The van der Waals surface area contributed by atoms with Crippen molar-refractivity contribution >= 4 is 5.97 Å². The Morgan fingerprint density at radius 2 is 1.82 bits per heavy atom. The summed E-state index contributed by atoms with van der Waals surface area (Å²) < 4.78 is 5.66. The molecule has 1 aliphatic rings. The minimum Gasteiger partial charge on any atom is -0.488 e. The molecule has 2 atom stereocenters. The van der Waals surface area contributed by atoms with Crippen molar-refractivity contribution in [2.24, 2.45) is 0 Å². The van der Waals surface area contributed by atoms with Gasteiger partial charge in [0, 0.05) is 0 Å². The first-order chi connectivity index (χ1) is 8.16. The first-order valence-corrected chi connectivity index (χ1v) is 5.85. The van der Waals surface area contributed by atoms with E-state index in [2.05, 4.69) is 0 Å². The molecule has 1 fully saturated rings.